The smallest absolute Gasteiger partial charge is 0.286 e. The molecule has 0 saturated heterocycles. The van der Waals surface area contributed by atoms with Crippen molar-refractivity contribution in [2.24, 2.45) is 0 Å². The molecule has 0 saturated carbocycles. The zero-order valence-corrected chi connectivity index (χ0v) is 19.9. The summed E-state index contributed by atoms with van der Waals surface area (Å²) >= 11 is 12.8. The first-order chi connectivity index (χ1) is 16.9. The lowest BCUT2D eigenvalue weighted by molar-refractivity contribution is 0.307. The van der Waals surface area contributed by atoms with Gasteiger partial charge >= 0.3 is 0 Å². The molecular formula is C25H18Cl2FN5O2. The molecule has 176 valence electrons. The van der Waals surface area contributed by atoms with E-state index in [1.54, 1.807) is 12.3 Å². The molecule has 0 bridgehead atoms. The maximum atomic E-state index is 13.7. The summed E-state index contributed by atoms with van der Waals surface area (Å²) in [5.74, 6) is -0.301. The number of nitrogens with zero attached hydrogens (tertiary/aromatic N) is 4. The van der Waals surface area contributed by atoms with Gasteiger partial charge in [-0.2, -0.15) is 5.10 Å². The highest BCUT2D eigenvalue weighted by atomic mass is 35.5. The summed E-state index contributed by atoms with van der Waals surface area (Å²) in [5.41, 5.74) is 3.22. The van der Waals surface area contributed by atoms with E-state index < -0.39 is 11.4 Å². The van der Waals surface area contributed by atoms with Gasteiger partial charge in [0.15, 0.2) is 5.82 Å². The molecule has 0 spiro atoms. The molecule has 4 aromatic heterocycles. The topological polar surface area (TPSA) is 85.7 Å². The van der Waals surface area contributed by atoms with Crippen molar-refractivity contribution in [1.29, 1.82) is 0 Å². The van der Waals surface area contributed by atoms with Crippen molar-refractivity contribution < 1.29 is 9.13 Å². The highest BCUT2D eigenvalue weighted by molar-refractivity contribution is 6.33. The van der Waals surface area contributed by atoms with Gasteiger partial charge in [-0.15, -0.1) is 0 Å². The first kappa shape index (κ1) is 23.0. The Balaban J connectivity index is 1.51. The fourth-order valence-corrected chi connectivity index (χ4v) is 4.28. The van der Waals surface area contributed by atoms with Crippen molar-refractivity contribution in [2.45, 2.75) is 20.1 Å². The van der Waals surface area contributed by atoms with Crippen LogP contribution in [0.5, 0.6) is 5.75 Å². The van der Waals surface area contributed by atoms with Gasteiger partial charge in [0.1, 0.15) is 23.6 Å². The molecule has 0 unspecified atom stereocenters. The molecule has 0 atom stereocenters. The second-order valence-electron chi connectivity index (χ2n) is 7.84. The maximum absolute atomic E-state index is 13.7. The van der Waals surface area contributed by atoms with Gasteiger partial charge in [0, 0.05) is 40.8 Å². The van der Waals surface area contributed by atoms with E-state index in [4.69, 9.17) is 27.9 Å². The minimum Gasteiger partial charge on any atom is -0.486 e. The Morgan fingerprint density at radius 1 is 1.14 bits per heavy atom. The van der Waals surface area contributed by atoms with Crippen LogP contribution in [0, 0.1) is 12.7 Å². The number of aromatic nitrogens is 5. The van der Waals surface area contributed by atoms with Crippen molar-refractivity contribution in [3.05, 3.63) is 104 Å². The quantitative estimate of drug-likeness (QED) is 0.323. The molecule has 1 N–H and O–H groups in total. The Hall–Kier alpha value is -3.75. The summed E-state index contributed by atoms with van der Waals surface area (Å²) in [5, 5.41) is 8.80. The van der Waals surface area contributed by atoms with E-state index in [1.165, 1.54) is 23.0 Å². The second kappa shape index (κ2) is 9.48. The minimum atomic E-state index is -0.836. The molecule has 7 nitrogen and oxygen atoms in total. The summed E-state index contributed by atoms with van der Waals surface area (Å²) in [6.45, 7) is 2.00. The normalized spacial score (nSPS) is 11.2. The van der Waals surface area contributed by atoms with Crippen LogP contribution >= 0.6 is 23.2 Å². The van der Waals surface area contributed by atoms with Crippen LogP contribution < -0.4 is 10.3 Å². The number of fused-ring (bicyclic) bond motifs is 1. The molecule has 1 aromatic carbocycles. The minimum absolute atomic E-state index is 0.0462. The van der Waals surface area contributed by atoms with Crippen LogP contribution in [0.1, 0.15) is 17.0 Å². The monoisotopic (exact) mass is 509 g/mol. The molecular weight excluding hydrogens is 492 g/mol. The Labute approximate surface area is 209 Å². The molecule has 0 aliphatic carbocycles. The summed E-state index contributed by atoms with van der Waals surface area (Å²) in [6.07, 6.45) is 4.65. The average Bonchev–Trinajstić information content (AvgIpc) is 3.27. The third kappa shape index (κ3) is 4.50. The van der Waals surface area contributed by atoms with Gasteiger partial charge in [0.2, 0.25) is 0 Å². The molecule has 0 fully saturated rings. The number of rotatable bonds is 6. The van der Waals surface area contributed by atoms with Gasteiger partial charge in [-0.3, -0.25) is 14.9 Å². The first-order valence-electron chi connectivity index (χ1n) is 10.6. The van der Waals surface area contributed by atoms with E-state index in [0.29, 0.717) is 38.3 Å². The zero-order chi connectivity index (χ0) is 24.5. The number of aryl methyl sites for hydroxylation is 1. The number of para-hydroxylation sites is 1. The predicted molar refractivity (Wildman–Crippen MR) is 132 cm³/mol. The number of pyridine rings is 3. The highest BCUT2D eigenvalue weighted by Gasteiger charge is 2.16. The molecule has 5 aromatic rings. The third-order valence-corrected chi connectivity index (χ3v) is 6.18. The lowest BCUT2D eigenvalue weighted by Gasteiger charge is -2.15. The zero-order valence-electron chi connectivity index (χ0n) is 18.4. The van der Waals surface area contributed by atoms with Crippen LogP contribution in [0.25, 0.3) is 22.2 Å². The van der Waals surface area contributed by atoms with Crippen molar-refractivity contribution in [3.8, 4) is 17.0 Å². The average molecular weight is 510 g/mol. The lowest BCUT2D eigenvalue weighted by atomic mass is 10.0. The molecule has 10 heteroatoms. The number of hydrogen-bond acceptors (Lipinski definition) is 5. The van der Waals surface area contributed by atoms with Crippen molar-refractivity contribution in [2.75, 3.05) is 0 Å². The number of H-pyrrole nitrogens is 1. The van der Waals surface area contributed by atoms with Gasteiger partial charge in [-0.05, 0) is 37.3 Å². The van der Waals surface area contributed by atoms with E-state index in [1.807, 2.05) is 31.2 Å². The van der Waals surface area contributed by atoms with Crippen LogP contribution in [-0.4, -0.2) is 24.7 Å². The van der Waals surface area contributed by atoms with Crippen LogP contribution in [0.3, 0.4) is 0 Å². The van der Waals surface area contributed by atoms with Crippen LogP contribution in [0.4, 0.5) is 4.39 Å². The fraction of sp³-hybridized carbons (Fsp3) is 0.120. The van der Waals surface area contributed by atoms with Crippen LogP contribution in [-0.2, 0) is 13.2 Å². The fourth-order valence-electron chi connectivity index (χ4n) is 3.87. The maximum Gasteiger partial charge on any atom is 0.286 e. The van der Waals surface area contributed by atoms with E-state index in [2.05, 4.69) is 20.2 Å². The number of ether oxygens (including phenoxy) is 1. The number of aromatic amines is 1. The molecule has 0 aliphatic rings. The summed E-state index contributed by atoms with van der Waals surface area (Å²) in [4.78, 5) is 21.2. The molecule has 0 radical (unpaired) electrons. The Bertz CT molecular complexity index is 1620. The Morgan fingerprint density at radius 3 is 2.80 bits per heavy atom. The first-order valence-corrected chi connectivity index (χ1v) is 11.4. The van der Waals surface area contributed by atoms with Crippen molar-refractivity contribution in [1.82, 2.24) is 24.7 Å². The van der Waals surface area contributed by atoms with Crippen molar-refractivity contribution in [3.63, 3.8) is 0 Å². The molecule has 4 heterocycles. The van der Waals surface area contributed by atoms with Gasteiger partial charge in [0.25, 0.3) is 5.56 Å². The predicted octanol–water partition coefficient (Wildman–Crippen LogP) is 5.56. The Morgan fingerprint density at radius 2 is 2.00 bits per heavy atom. The van der Waals surface area contributed by atoms with Crippen molar-refractivity contribution >= 4 is 34.1 Å². The molecule has 0 amide bonds. The third-order valence-electron chi connectivity index (χ3n) is 5.53. The van der Waals surface area contributed by atoms with Gasteiger partial charge < -0.3 is 9.30 Å². The SMILES string of the molecule is Cc1cc(-c2n[nH]cc2Cl)c2cccc(OCc3c(Cl)ccnc3Cn3cccc(F)c3=O)c2n1. The van der Waals surface area contributed by atoms with E-state index in [-0.39, 0.29) is 13.2 Å². The van der Waals surface area contributed by atoms with Crippen LogP contribution in [0.2, 0.25) is 10.0 Å². The largest absolute Gasteiger partial charge is 0.486 e. The standard InChI is InChI=1S/C25H18Cl2FN5O2/c1-14-10-16(23-19(27)11-30-32-23)15-4-2-6-22(24(15)31-14)35-13-17-18(26)7-8-29-21(17)12-33-9-3-5-20(28)25(33)34/h2-11H,12-13H2,1H3,(H,30,32). The van der Waals surface area contributed by atoms with Gasteiger partial charge in [-0.1, -0.05) is 35.3 Å². The van der Waals surface area contributed by atoms with E-state index in [9.17, 15) is 9.18 Å². The summed E-state index contributed by atoms with van der Waals surface area (Å²) < 4.78 is 21.1. The molecule has 0 aliphatic heterocycles. The second-order valence-corrected chi connectivity index (χ2v) is 8.66. The van der Waals surface area contributed by atoms with E-state index >= 15 is 0 Å². The molecule has 5 rings (SSSR count). The number of hydrogen-bond donors (Lipinski definition) is 1. The highest BCUT2D eigenvalue weighted by Crippen LogP contribution is 2.35. The van der Waals surface area contributed by atoms with Gasteiger partial charge in [-0.25, -0.2) is 9.37 Å². The van der Waals surface area contributed by atoms with Gasteiger partial charge in [0.05, 0.1) is 22.3 Å². The molecule has 35 heavy (non-hydrogen) atoms. The number of benzene rings is 1. The van der Waals surface area contributed by atoms with Crippen LogP contribution in [0.15, 0.2) is 65.8 Å². The number of halogens is 3. The lowest BCUT2D eigenvalue weighted by Crippen LogP contribution is -2.23. The Kier molecular flexibility index (Phi) is 6.23. The van der Waals surface area contributed by atoms with E-state index in [0.717, 1.165) is 22.7 Å². The number of nitrogens with one attached hydrogen (secondary N) is 1. The summed E-state index contributed by atoms with van der Waals surface area (Å²) in [6, 6.07) is 11.7. The summed E-state index contributed by atoms with van der Waals surface area (Å²) in [7, 11) is 0.